The molecule has 0 amide bonds. The smallest absolute Gasteiger partial charge is 0.0843 e. The van der Waals surface area contributed by atoms with Crippen molar-refractivity contribution in [2.24, 2.45) is 5.73 Å². The molecule has 1 nitrogen and oxygen atoms in total. The van der Waals surface area contributed by atoms with E-state index in [1.54, 1.807) is 11.3 Å². The molecule has 1 heterocycles. The molecule has 0 saturated carbocycles. The normalized spacial score (nSPS) is 12.8. The molecule has 0 bridgehead atoms. The molecule has 1 aromatic heterocycles. The predicted molar refractivity (Wildman–Crippen MR) is 87.6 cm³/mol. The van der Waals surface area contributed by atoms with Gasteiger partial charge in [0.15, 0.2) is 0 Å². The summed E-state index contributed by atoms with van der Waals surface area (Å²) in [4.78, 5) is 1.12. The van der Waals surface area contributed by atoms with Gasteiger partial charge in [-0.05, 0) is 61.7 Å². The van der Waals surface area contributed by atoms with Crippen LogP contribution in [0.25, 0.3) is 0 Å². The van der Waals surface area contributed by atoms with Crippen LogP contribution in [0, 0.1) is 0 Å². The molecule has 0 saturated heterocycles. The fourth-order valence-corrected chi connectivity index (χ4v) is 4.88. The van der Waals surface area contributed by atoms with Gasteiger partial charge in [0.05, 0.1) is 9.83 Å². The van der Waals surface area contributed by atoms with Gasteiger partial charge in [-0.3, -0.25) is 0 Å². The van der Waals surface area contributed by atoms with Gasteiger partial charge in [0.2, 0.25) is 0 Å². The Kier molecular flexibility index (Phi) is 4.88. The van der Waals surface area contributed by atoms with Gasteiger partial charge in [0, 0.05) is 18.3 Å². The van der Waals surface area contributed by atoms with Crippen LogP contribution in [0.1, 0.15) is 16.5 Å². The van der Waals surface area contributed by atoms with Crippen LogP contribution < -0.4 is 5.73 Å². The van der Waals surface area contributed by atoms with Crippen LogP contribution in [0.3, 0.4) is 0 Å². The van der Waals surface area contributed by atoms with E-state index in [4.69, 9.17) is 5.73 Å². The quantitative estimate of drug-likeness (QED) is 0.546. The molecule has 17 heavy (non-hydrogen) atoms. The molecular formula is C11H7Br4NS. The van der Waals surface area contributed by atoms with Crippen LogP contribution in [0.15, 0.2) is 41.5 Å². The van der Waals surface area contributed by atoms with Crippen molar-refractivity contribution in [3.05, 3.63) is 51.9 Å². The molecule has 0 aliphatic rings. The standard InChI is InChI=1S/C11H7Br4NS/c12-6-1-5(2-7(13)3-6)10(16)9-4-8(14)11(15)17-9/h1-4,10H,16H2. The fraction of sp³-hybridized carbons (Fsp3) is 0.0909. The number of halogens is 4. The molecule has 1 unspecified atom stereocenters. The van der Waals surface area contributed by atoms with Crippen molar-refractivity contribution in [2.75, 3.05) is 0 Å². The van der Waals surface area contributed by atoms with E-state index in [-0.39, 0.29) is 6.04 Å². The van der Waals surface area contributed by atoms with Crippen molar-refractivity contribution in [1.29, 1.82) is 0 Å². The molecule has 2 rings (SSSR count). The van der Waals surface area contributed by atoms with E-state index in [0.717, 1.165) is 27.6 Å². The summed E-state index contributed by atoms with van der Waals surface area (Å²) in [6, 6.07) is 8.01. The maximum Gasteiger partial charge on any atom is 0.0843 e. The van der Waals surface area contributed by atoms with Gasteiger partial charge in [-0.1, -0.05) is 31.9 Å². The lowest BCUT2D eigenvalue weighted by Gasteiger charge is -2.11. The van der Waals surface area contributed by atoms with Gasteiger partial charge in [-0.25, -0.2) is 0 Å². The monoisotopic (exact) mass is 501 g/mol. The van der Waals surface area contributed by atoms with E-state index in [1.165, 1.54) is 0 Å². The second-order valence-electron chi connectivity index (χ2n) is 3.45. The van der Waals surface area contributed by atoms with Crippen molar-refractivity contribution in [2.45, 2.75) is 6.04 Å². The van der Waals surface area contributed by atoms with E-state index in [1.807, 2.05) is 24.3 Å². The number of nitrogens with two attached hydrogens (primary N) is 1. The predicted octanol–water partition coefficient (Wildman–Crippen LogP) is 5.85. The number of rotatable bonds is 2. The largest absolute Gasteiger partial charge is 0.320 e. The summed E-state index contributed by atoms with van der Waals surface area (Å²) in [5, 5.41) is 0. The van der Waals surface area contributed by atoms with Gasteiger partial charge in [0.25, 0.3) is 0 Å². The average molecular weight is 505 g/mol. The van der Waals surface area contributed by atoms with Gasteiger partial charge < -0.3 is 5.73 Å². The van der Waals surface area contributed by atoms with Crippen molar-refractivity contribution in [1.82, 2.24) is 0 Å². The van der Waals surface area contributed by atoms with Crippen molar-refractivity contribution in [3.63, 3.8) is 0 Å². The Morgan fingerprint density at radius 3 is 2.00 bits per heavy atom. The first-order valence-corrected chi connectivity index (χ1v) is 8.62. The third kappa shape index (κ3) is 3.42. The van der Waals surface area contributed by atoms with Crippen molar-refractivity contribution in [3.8, 4) is 0 Å². The van der Waals surface area contributed by atoms with E-state index in [0.29, 0.717) is 0 Å². The van der Waals surface area contributed by atoms with E-state index in [9.17, 15) is 0 Å². The summed E-state index contributed by atoms with van der Waals surface area (Å²) in [6.45, 7) is 0. The van der Waals surface area contributed by atoms with Crippen LogP contribution in [0.4, 0.5) is 0 Å². The minimum absolute atomic E-state index is 0.114. The topological polar surface area (TPSA) is 26.0 Å². The molecule has 90 valence electrons. The van der Waals surface area contributed by atoms with E-state index in [2.05, 4.69) is 63.7 Å². The molecule has 0 aliphatic heterocycles. The second-order valence-corrected chi connectivity index (χ2v) is 8.54. The second kappa shape index (κ2) is 5.84. The number of thiophene rings is 1. The van der Waals surface area contributed by atoms with E-state index >= 15 is 0 Å². The van der Waals surface area contributed by atoms with Crippen molar-refractivity contribution < 1.29 is 0 Å². The number of benzene rings is 1. The Morgan fingerprint density at radius 2 is 1.53 bits per heavy atom. The van der Waals surface area contributed by atoms with E-state index < -0.39 is 0 Å². The van der Waals surface area contributed by atoms with Gasteiger partial charge in [0.1, 0.15) is 0 Å². The molecule has 1 atom stereocenters. The maximum absolute atomic E-state index is 6.26. The molecule has 6 heteroatoms. The molecule has 2 N–H and O–H groups in total. The van der Waals surface area contributed by atoms with Gasteiger partial charge in [-0.2, -0.15) is 0 Å². The molecular weight excluding hydrogens is 498 g/mol. The molecule has 1 aromatic carbocycles. The molecule has 0 spiro atoms. The molecule has 0 aliphatic carbocycles. The summed E-state index contributed by atoms with van der Waals surface area (Å²) >= 11 is 15.5. The first-order valence-electron chi connectivity index (χ1n) is 4.63. The zero-order valence-corrected chi connectivity index (χ0v) is 15.5. The Balaban J connectivity index is 2.39. The lowest BCUT2D eigenvalue weighted by Crippen LogP contribution is -2.10. The minimum Gasteiger partial charge on any atom is -0.320 e. The van der Waals surface area contributed by atoms with Gasteiger partial charge in [-0.15, -0.1) is 11.3 Å². The maximum atomic E-state index is 6.26. The van der Waals surface area contributed by atoms with Crippen LogP contribution >= 0.6 is 75.1 Å². The zero-order valence-electron chi connectivity index (χ0n) is 8.38. The minimum atomic E-state index is -0.114. The first-order chi connectivity index (χ1) is 7.97. The Bertz CT molecular complexity index is 513. The zero-order chi connectivity index (χ0) is 12.6. The fourth-order valence-electron chi connectivity index (χ4n) is 1.44. The number of hydrogen-bond acceptors (Lipinski definition) is 2. The third-order valence-electron chi connectivity index (χ3n) is 2.21. The van der Waals surface area contributed by atoms with Gasteiger partial charge >= 0.3 is 0 Å². The molecule has 0 fully saturated rings. The highest BCUT2D eigenvalue weighted by molar-refractivity contribution is 9.13. The summed E-state index contributed by atoms with van der Waals surface area (Å²) in [5.74, 6) is 0. The van der Waals surface area contributed by atoms with Crippen molar-refractivity contribution >= 4 is 75.1 Å². The summed E-state index contributed by atoms with van der Waals surface area (Å²) < 4.78 is 4.15. The highest BCUT2D eigenvalue weighted by atomic mass is 79.9. The Hall–Kier alpha value is 0.800. The Morgan fingerprint density at radius 1 is 0.941 bits per heavy atom. The lowest BCUT2D eigenvalue weighted by molar-refractivity contribution is 0.891. The molecule has 2 aromatic rings. The average Bonchev–Trinajstić information content (AvgIpc) is 2.57. The summed E-state index contributed by atoms with van der Waals surface area (Å²) in [6.07, 6.45) is 0. The SMILES string of the molecule is NC(c1cc(Br)cc(Br)c1)c1cc(Br)c(Br)s1. The highest BCUT2D eigenvalue weighted by Crippen LogP contribution is 2.37. The van der Waals surface area contributed by atoms with Crippen LogP contribution in [0.2, 0.25) is 0 Å². The summed E-state index contributed by atoms with van der Waals surface area (Å²) in [7, 11) is 0. The third-order valence-corrected chi connectivity index (χ3v) is 6.47. The lowest BCUT2D eigenvalue weighted by atomic mass is 10.1. The number of hydrogen-bond donors (Lipinski definition) is 1. The van der Waals surface area contributed by atoms with Crippen LogP contribution in [0.5, 0.6) is 0 Å². The van der Waals surface area contributed by atoms with Crippen LogP contribution in [-0.4, -0.2) is 0 Å². The molecule has 0 radical (unpaired) electrons. The highest BCUT2D eigenvalue weighted by Gasteiger charge is 2.14. The summed E-state index contributed by atoms with van der Waals surface area (Å²) in [5.41, 5.74) is 7.34. The van der Waals surface area contributed by atoms with Crippen LogP contribution in [-0.2, 0) is 0 Å². The first kappa shape index (κ1) is 14.2. The Labute approximate surface area is 137 Å².